The first kappa shape index (κ1) is 67.6. The Bertz CT molecular complexity index is 1370. The van der Waals surface area contributed by atoms with Crippen LogP contribution >= 0.6 is 0 Å². The first-order valence-corrected chi connectivity index (χ1v) is 30.1. The van der Waals surface area contributed by atoms with Crippen LogP contribution < -0.4 is 0 Å². The third kappa shape index (κ3) is 57.4. The molecule has 0 N–H and O–H groups in total. The lowest BCUT2D eigenvalue weighted by Crippen LogP contribution is -2.30. The Morgan fingerprint density at radius 3 is 0.915 bits per heavy atom. The summed E-state index contributed by atoms with van der Waals surface area (Å²) >= 11 is 0. The van der Waals surface area contributed by atoms with E-state index in [-0.39, 0.29) is 31.1 Å². The van der Waals surface area contributed by atoms with Crippen LogP contribution in [0.1, 0.15) is 290 Å². The quantitative estimate of drug-likeness (QED) is 0.0261. The molecule has 0 saturated carbocycles. The Kier molecular flexibility index (Phi) is 56.3. The SMILES string of the molecule is CC/C=C\C/C=C\C/C=C\C/C=C\C/C=C\C/C=C\CCCCCCCCCCCCCCCCC(=O)OCC(COC(=O)CCCCCCCCCCC)OC(=O)CCCCCCC/C=C\CCCC. The molecule has 71 heavy (non-hydrogen) atoms. The summed E-state index contributed by atoms with van der Waals surface area (Å²) in [5.41, 5.74) is 0. The second-order valence-electron chi connectivity index (χ2n) is 19.9. The maximum Gasteiger partial charge on any atom is 0.306 e. The minimum absolute atomic E-state index is 0.0760. The number of hydrogen-bond donors (Lipinski definition) is 0. The summed E-state index contributed by atoms with van der Waals surface area (Å²) in [5, 5.41) is 0. The van der Waals surface area contributed by atoms with E-state index in [4.69, 9.17) is 14.2 Å². The molecule has 408 valence electrons. The molecule has 0 rings (SSSR count). The van der Waals surface area contributed by atoms with Gasteiger partial charge in [0.15, 0.2) is 6.10 Å². The fourth-order valence-corrected chi connectivity index (χ4v) is 8.37. The van der Waals surface area contributed by atoms with Crippen LogP contribution in [-0.4, -0.2) is 37.2 Å². The molecule has 0 heterocycles. The van der Waals surface area contributed by atoms with Crippen LogP contribution in [0.5, 0.6) is 0 Å². The molecule has 0 aromatic heterocycles. The standard InChI is InChI=1S/C65H112O6/c1-4-7-10-13-16-19-21-22-23-24-25-26-27-28-29-30-31-32-33-34-35-36-37-38-39-40-41-42-44-46-49-52-55-58-64(67)70-61-62(60-69-63(66)57-54-51-48-45-18-15-12-9-6-3)71-65(68)59-56-53-50-47-43-20-17-14-11-8-5-2/h7,10,14,16-17,19,22-23,25-26,28-29,31-32,62H,4-6,8-9,11-13,15,18,20-21,24,27,30,33-61H2,1-3H3/b10-7-,17-14-,19-16-,23-22-,26-25-,29-28-,32-31-. The van der Waals surface area contributed by atoms with E-state index in [1.165, 1.54) is 141 Å². The average Bonchev–Trinajstić information content (AvgIpc) is 3.37. The molecule has 0 spiro atoms. The van der Waals surface area contributed by atoms with Gasteiger partial charge in [-0.25, -0.2) is 0 Å². The summed E-state index contributed by atoms with van der Waals surface area (Å²) in [5.74, 6) is -0.883. The van der Waals surface area contributed by atoms with Crippen molar-refractivity contribution >= 4 is 17.9 Å². The predicted molar refractivity (Wildman–Crippen MR) is 307 cm³/mol. The third-order valence-electron chi connectivity index (χ3n) is 12.9. The summed E-state index contributed by atoms with van der Waals surface area (Å²) in [7, 11) is 0. The van der Waals surface area contributed by atoms with E-state index in [0.717, 1.165) is 109 Å². The van der Waals surface area contributed by atoms with E-state index >= 15 is 0 Å². The summed E-state index contributed by atoms with van der Waals surface area (Å²) < 4.78 is 16.8. The average molecular weight is 990 g/mol. The fourth-order valence-electron chi connectivity index (χ4n) is 8.37. The lowest BCUT2D eigenvalue weighted by atomic mass is 10.0. The van der Waals surface area contributed by atoms with Crippen LogP contribution in [0.2, 0.25) is 0 Å². The Balaban J connectivity index is 4.04. The van der Waals surface area contributed by atoms with Crippen molar-refractivity contribution in [1.82, 2.24) is 0 Å². The largest absolute Gasteiger partial charge is 0.462 e. The van der Waals surface area contributed by atoms with Crippen molar-refractivity contribution in [3.8, 4) is 0 Å². The van der Waals surface area contributed by atoms with Gasteiger partial charge in [0.1, 0.15) is 13.2 Å². The van der Waals surface area contributed by atoms with Crippen molar-refractivity contribution < 1.29 is 28.6 Å². The van der Waals surface area contributed by atoms with Gasteiger partial charge in [-0.3, -0.25) is 14.4 Å². The lowest BCUT2D eigenvalue weighted by Gasteiger charge is -2.18. The summed E-state index contributed by atoms with van der Waals surface area (Å²) in [6.07, 6.45) is 77.5. The molecule has 0 fully saturated rings. The van der Waals surface area contributed by atoms with Crippen molar-refractivity contribution in [1.29, 1.82) is 0 Å². The normalized spacial score (nSPS) is 12.7. The highest BCUT2D eigenvalue weighted by Gasteiger charge is 2.19. The Hall–Kier alpha value is -3.41. The van der Waals surface area contributed by atoms with Crippen LogP contribution in [0.3, 0.4) is 0 Å². The van der Waals surface area contributed by atoms with Gasteiger partial charge in [-0.05, 0) is 89.9 Å². The van der Waals surface area contributed by atoms with Gasteiger partial charge >= 0.3 is 17.9 Å². The van der Waals surface area contributed by atoms with Gasteiger partial charge in [0, 0.05) is 19.3 Å². The second-order valence-corrected chi connectivity index (χ2v) is 19.9. The first-order chi connectivity index (χ1) is 35.0. The third-order valence-corrected chi connectivity index (χ3v) is 12.9. The highest BCUT2D eigenvalue weighted by atomic mass is 16.6. The topological polar surface area (TPSA) is 78.9 Å². The number of unbranched alkanes of at least 4 members (excludes halogenated alkanes) is 29. The predicted octanol–water partition coefficient (Wildman–Crippen LogP) is 20.3. The number of rotatable bonds is 54. The summed E-state index contributed by atoms with van der Waals surface area (Å²) in [4.78, 5) is 37.9. The van der Waals surface area contributed by atoms with Crippen molar-refractivity contribution in [2.24, 2.45) is 0 Å². The van der Waals surface area contributed by atoms with Crippen molar-refractivity contribution in [2.45, 2.75) is 297 Å². The molecule has 6 heteroatoms. The maximum absolute atomic E-state index is 12.8. The summed E-state index contributed by atoms with van der Waals surface area (Å²) in [6.45, 7) is 6.47. The van der Waals surface area contributed by atoms with Crippen molar-refractivity contribution in [3.05, 3.63) is 85.1 Å². The van der Waals surface area contributed by atoms with Crippen LogP contribution in [0.25, 0.3) is 0 Å². The second kappa shape index (κ2) is 59.2. The first-order valence-electron chi connectivity index (χ1n) is 30.1. The molecular weight excluding hydrogens is 877 g/mol. The molecule has 6 nitrogen and oxygen atoms in total. The van der Waals surface area contributed by atoms with Crippen molar-refractivity contribution in [2.75, 3.05) is 13.2 Å². The minimum Gasteiger partial charge on any atom is -0.462 e. The lowest BCUT2D eigenvalue weighted by molar-refractivity contribution is -0.167. The number of carbonyl (C=O) groups is 3. The summed E-state index contributed by atoms with van der Waals surface area (Å²) in [6, 6.07) is 0. The zero-order valence-corrected chi connectivity index (χ0v) is 46.7. The van der Waals surface area contributed by atoms with Crippen molar-refractivity contribution in [3.63, 3.8) is 0 Å². The molecule has 0 aromatic carbocycles. The van der Waals surface area contributed by atoms with E-state index in [1.54, 1.807) is 0 Å². The molecule has 0 saturated heterocycles. The minimum atomic E-state index is -0.775. The Labute approximate surface area is 439 Å². The van der Waals surface area contributed by atoms with Gasteiger partial charge in [-0.15, -0.1) is 0 Å². The van der Waals surface area contributed by atoms with Crippen LogP contribution in [0, 0.1) is 0 Å². The van der Waals surface area contributed by atoms with E-state index in [1.807, 2.05) is 0 Å². The molecule has 0 aromatic rings. The molecule has 0 aliphatic rings. The highest BCUT2D eigenvalue weighted by Crippen LogP contribution is 2.16. The van der Waals surface area contributed by atoms with Crippen LogP contribution in [0.15, 0.2) is 85.1 Å². The zero-order chi connectivity index (χ0) is 51.4. The van der Waals surface area contributed by atoms with Crippen LogP contribution in [-0.2, 0) is 28.6 Å². The fraction of sp³-hybridized carbons (Fsp3) is 0.738. The molecule has 0 aliphatic heterocycles. The molecule has 0 bridgehead atoms. The number of ether oxygens (including phenoxy) is 3. The highest BCUT2D eigenvalue weighted by molar-refractivity contribution is 5.71. The molecule has 0 amide bonds. The van der Waals surface area contributed by atoms with E-state index in [9.17, 15) is 14.4 Å². The molecule has 1 atom stereocenters. The van der Waals surface area contributed by atoms with Gasteiger partial charge in [0.25, 0.3) is 0 Å². The van der Waals surface area contributed by atoms with Gasteiger partial charge < -0.3 is 14.2 Å². The van der Waals surface area contributed by atoms with Gasteiger partial charge in [-0.1, -0.05) is 266 Å². The number of esters is 3. The molecule has 0 radical (unpaired) electrons. The Morgan fingerprint density at radius 2 is 0.563 bits per heavy atom. The number of carbonyl (C=O) groups excluding carboxylic acids is 3. The monoisotopic (exact) mass is 989 g/mol. The van der Waals surface area contributed by atoms with E-state index in [2.05, 4.69) is 106 Å². The molecular formula is C65H112O6. The molecule has 1 unspecified atom stereocenters. The van der Waals surface area contributed by atoms with E-state index < -0.39 is 6.10 Å². The smallest absolute Gasteiger partial charge is 0.306 e. The number of allylic oxidation sites excluding steroid dienone is 14. The zero-order valence-electron chi connectivity index (χ0n) is 46.7. The van der Waals surface area contributed by atoms with E-state index in [0.29, 0.717) is 19.3 Å². The van der Waals surface area contributed by atoms with Gasteiger partial charge in [0.05, 0.1) is 0 Å². The van der Waals surface area contributed by atoms with Gasteiger partial charge in [-0.2, -0.15) is 0 Å². The maximum atomic E-state index is 12.8. The van der Waals surface area contributed by atoms with Gasteiger partial charge in [0.2, 0.25) is 0 Å². The Morgan fingerprint density at radius 1 is 0.296 bits per heavy atom. The number of hydrogen-bond acceptors (Lipinski definition) is 6. The molecule has 0 aliphatic carbocycles. The van der Waals surface area contributed by atoms with Crippen LogP contribution in [0.4, 0.5) is 0 Å².